The van der Waals surface area contributed by atoms with Gasteiger partial charge in [-0.2, -0.15) is 26.3 Å². The van der Waals surface area contributed by atoms with Crippen molar-refractivity contribution in [1.82, 2.24) is 25.0 Å². The van der Waals surface area contributed by atoms with E-state index in [1.807, 2.05) is 6.07 Å². The number of nitrogens with zero attached hydrogens (tertiary/aromatic N) is 3. The average Bonchev–Trinajstić information content (AvgIpc) is 3.62. The molecule has 2 aliphatic rings. The van der Waals surface area contributed by atoms with Crippen molar-refractivity contribution in [2.24, 2.45) is 0 Å². The second kappa shape index (κ2) is 11.8. The van der Waals surface area contributed by atoms with Gasteiger partial charge in [0.05, 0.1) is 11.1 Å². The number of aromatic amines is 1. The van der Waals surface area contributed by atoms with E-state index in [4.69, 9.17) is 0 Å². The summed E-state index contributed by atoms with van der Waals surface area (Å²) in [6.07, 6.45) is -6.61. The molecule has 2 fully saturated rings. The van der Waals surface area contributed by atoms with E-state index < -0.39 is 46.4 Å². The Morgan fingerprint density at radius 3 is 2.23 bits per heavy atom. The molecular formula is C30H33F6N5O2. The van der Waals surface area contributed by atoms with Crippen LogP contribution in [0.4, 0.5) is 31.1 Å². The van der Waals surface area contributed by atoms with Crippen LogP contribution in [0, 0.1) is 0 Å². The lowest BCUT2D eigenvalue weighted by Crippen LogP contribution is -2.69. The number of H-pyrrole nitrogens is 1. The number of likely N-dealkylation sites (tertiary alicyclic amines) is 1. The van der Waals surface area contributed by atoms with Gasteiger partial charge in [-0.05, 0) is 62.8 Å². The van der Waals surface area contributed by atoms with E-state index in [0.717, 1.165) is 36.8 Å². The Labute approximate surface area is 244 Å². The Bertz CT molecular complexity index is 1450. The van der Waals surface area contributed by atoms with Gasteiger partial charge in [0.15, 0.2) is 5.78 Å². The van der Waals surface area contributed by atoms with Crippen LogP contribution in [0.3, 0.4) is 0 Å². The van der Waals surface area contributed by atoms with E-state index in [2.05, 4.69) is 15.2 Å². The van der Waals surface area contributed by atoms with Crippen molar-refractivity contribution < 1.29 is 35.9 Å². The van der Waals surface area contributed by atoms with E-state index in [0.29, 0.717) is 30.8 Å². The third-order valence-electron chi connectivity index (χ3n) is 8.33. The second-order valence-corrected chi connectivity index (χ2v) is 11.4. The van der Waals surface area contributed by atoms with Gasteiger partial charge in [-0.25, -0.2) is 4.79 Å². The monoisotopic (exact) mass is 609 g/mol. The number of fused-ring (bicyclic) bond motifs is 1. The number of ketones is 1. The lowest BCUT2D eigenvalue weighted by atomic mass is 9.79. The number of likely N-dealkylation sites (N-methyl/N-ethyl adjacent to an activating group) is 1. The van der Waals surface area contributed by atoms with Crippen molar-refractivity contribution in [2.75, 3.05) is 52.9 Å². The van der Waals surface area contributed by atoms with Gasteiger partial charge in [0, 0.05) is 61.8 Å². The number of hydrogen-bond donors (Lipinski definition) is 2. The number of amides is 2. The van der Waals surface area contributed by atoms with Crippen LogP contribution in [0.15, 0.2) is 48.7 Å². The molecule has 0 bridgehead atoms. The molecule has 5 rings (SSSR count). The molecular weight excluding hydrogens is 576 g/mol. The summed E-state index contributed by atoms with van der Waals surface area (Å²) >= 11 is 0. The lowest BCUT2D eigenvalue weighted by Gasteiger charge is -2.49. The number of halogens is 6. The van der Waals surface area contributed by atoms with Crippen molar-refractivity contribution in [3.8, 4) is 0 Å². The molecule has 1 unspecified atom stereocenters. The first-order chi connectivity index (χ1) is 20.3. The normalized spacial score (nSPS) is 20.6. The van der Waals surface area contributed by atoms with Crippen LogP contribution in [0.2, 0.25) is 0 Å². The lowest BCUT2D eigenvalue weighted by molar-refractivity contribution is -0.143. The summed E-state index contributed by atoms with van der Waals surface area (Å²) in [4.78, 5) is 36.6. The number of benzene rings is 2. The third kappa shape index (κ3) is 6.52. The Hall–Kier alpha value is -3.58. The van der Waals surface area contributed by atoms with E-state index in [-0.39, 0.29) is 32.1 Å². The molecule has 1 aromatic heterocycles. The number of aromatic nitrogens is 1. The highest BCUT2D eigenvalue weighted by Gasteiger charge is 2.51. The highest BCUT2D eigenvalue weighted by molar-refractivity contribution is 6.06. The van der Waals surface area contributed by atoms with Crippen LogP contribution in [0.25, 0.3) is 10.9 Å². The smallest absolute Gasteiger partial charge is 0.361 e. The predicted molar refractivity (Wildman–Crippen MR) is 149 cm³/mol. The van der Waals surface area contributed by atoms with Crippen LogP contribution in [0.5, 0.6) is 0 Å². The van der Waals surface area contributed by atoms with Crippen LogP contribution in [-0.4, -0.2) is 89.9 Å². The fourth-order valence-corrected chi connectivity index (χ4v) is 6.19. The molecule has 0 radical (unpaired) electrons. The topological polar surface area (TPSA) is 71.7 Å². The van der Waals surface area contributed by atoms with Crippen LogP contribution in [0.1, 0.15) is 39.9 Å². The number of hydrogen-bond acceptors (Lipinski definition) is 4. The predicted octanol–water partition coefficient (Wildman–Crippen LogP) is 5.42. The molecule has 2 saturated heterocycles. The van der Waals surface area contributed by atoms with Gasteiger partial charge in [-0.15, -0.1) is 0 Å². The Kier molecular flexibility index (Phi) is 8.50. The third-order valence-corrected chi connectivity index (χ3v) is 8.33. The number of Topliss-reactive ketones (excluding diaryl/α,β-unsaturated/α-hetero) is 1. The zero-order chi connectivity index (χ0) is 31.0. The number of para-hydroxylation sites is 1. The van der Waals surface area contributed by atoms with Gasteiger partial charge < -0.3 is 25.0 Å². The van der Waals surface area contributed by atoms with E-state index in [9.17, 15) is 35.9 Å². The zero-order valence-electron chi connectivity index (χ0n) is 23.6. The van der Waals surface area contributed by atoms with Gasteiger partial charge in [-0.3, -0.25) is 4.79 Å². The highest BCUT2D eigenvalue weighted by Crippen LogP contribution is 2.39. The van der Waals surface area contributed by atoms with Gasteiger partial charge in [0.25, 0.3) is 0 Å². The van der Waals surface area contributed by atoms with E-state index in [1.165, 1.54) is 4.90 Å². The largest absolute Gasteiger partial charge is 0.416 e. The summed E-state index contributed by atoms with van der Waals surface area (Å²) in [7, 11) is 1.70. The Morgan fingerprint density at radius 1 is 0.930 bits per heavy atom. The minimum absolute atomic E-state index is 0.00105. The average molecular weight is 610 g/mol. The number of nitrogens with one attached hydrogen (secondary N) is 2. The van der Waals surface area contributed by atoms with E-state index >= 15 is 0 Å². The molecule has 7 nitrogen and oxygen atoms in total. The summed E-state index contributed by atoms with van der Waals surface area (Å²) in [5.41, 5.74) is -4.38. The first-order valence-electron chi connectivity index (χ1n) is 14.1. The van der Waals surface area contributed by atoms with Crippen molar-refractivity contribution in [1.29, 1.82) is 0 Å². The maximum Gasteiger partial charge on any atom is 0.416 e. The van der Waals surface area contributed by atoms with Crippen molar-refractivity contribution in [2.45, 2.75) is 37.2 Å². The standard InChI is InChI=1S/C30H33F6N5O2/c1-39-12-13-41(27(43)37-8-11-40-9-4-5-10-40)28(19-39,17-21-18-38-25-7-3-2-6-24(21)25)26(42)20-14-22(29(31,32)33)16-23(15-20)30(34,35)36/h2-3,6-7,14-16,18,38H,4-5,8-13,17,19H2,1H3,(H,37,43). The maximum absolute atomic E-state index is 14.5. The van der Waals surface area contributed by atoms with Crippen LogP contribution < -0.4 is 5.32 Å². The molecule has 3 heterocycles. The number of carbonyl (C=O) groups excluding carboxylic acids is 2. The van der Waals surface area contributed by atoms with Crippen molar-refractivity contribution in [3.05, 3.63) is 70.9 Å². The summed E-state index contributed by atoms with van der Waals surface area (Å²) < 4.78 is 82.7. The second-order valence-electron chi connectivity index (χ2n) is 11.4. The molecule has 232 valence electrons. The summed E-state index contributed by atoms with van der Waals surface area (Å²) in [5.74, 6) is -0.990. The maximum atomic E-state index is 14.5. The molecule has 0 saturated carbocycles. The van der Waals surface area contributed by atoms with Crippen LogP contribution in [-0.2, 0) is 18.8 Å². The van der Waals surface area contributed by atoms with Gasteiger partial charge >= 0.3 is 18.4 Å². The number of carbonyl (C=O) groups is 2. The molecule has 2 aromatic carbocycles. The summed E-state index contributed by atoms with van der Waals surface area (Å²) in [5, 5.41) is 3.58. The van der Waals surface area contributed by atoms with Crippen LogP contribution >= 0.6 is 0 Å². The highest BCUT2D eigenvalue weighted by atomic mass is 19.4. The first-order valence-corrected chi connectivity index (χ1v) is 14.1. The molecule has 1 atom stereocenters. The minimum atomic E-state index is -5.13. The number of rotatable bonds is 7. The molecule has 2 amide bonds. The van der Waals surface area contributed by atoms with Crippen molar-refractivity contribution >= 4 is 22.7 Å². The number of urea groups is 1. The van der Waals surface area contributed by atoms with E-state index in [1.54, 1.807) is 36.3 Å². The quantitative estimate of drug-likeness (QED) is 0.277. The Morgan fingerprint density at radius 2 is 1.58 bits per heavy atom. The molecule has 0 spiro atoms. The van der Waals surface area contributed by atoms with Crippen molar-refractivity contribution in [3.63, 3.8) is 0 Å². The fourth-order valence-electron chi connectivity index (χ4n) is 6.19. The zero-order valence-corrected chi connectivity index (χ0v) is 23.6. The van der Waals surface area contributed by atoms with Gasteiger partial charge in [-0.1, -0.05) is 18.2 Å². The molecule has 3 aromatic rings. The molecule has 43 heavy (non-hydrogen) atoms. The molecule has 0 aliphatic carbocycles. The molecule has 2 N–H and O–H groups in total. The molecule has 13 heteroatoms. The minimum Gasteiger partial charge on any atom is -0.361 e. The van der Waals surface area contributed by atoms with Gasteiger partial charge in [0.1, 0.15) is 5.54 Å². The summed E-state index contributed by atoms with van der Waals surface area (Å²) in [6.45, 7) is 3.00. The summed E-state index contributed by atoms with van der Waals surface area (Å²) in [6, 6.07) is 7.51. The van der Waals surface area contributed by atoms with Gasteiger partial charge in [0.2, 0.25) is 0 Å². The SMILES string of the molecule is CN1CCN(C(=O)NCCN2CCCC2)C(Cc2c[nH]c3ccccc23)(C(=O)c2cc(C(F)(F)F)cc(C(F)(F)F)c2)C1. The Balaban J connectivity index is 1.60. The number of alkyl halides is 6. The fraction of sp³-hybridized carbons (Fsp3) is 0.467. The number of piperazine rings is 1. The first kappa shape index (κ1) is 30.9. The molecule has 2 aliphatic heterocycles.